The van der Waals surface area contributed by atoms with Crippen LogP contribution in [0.1, 0.15) is 54.9 Å². The SMILES string of the molecule is CO[C@@H]1O[C@@H](C[C@H]2O[C@@H]2CI)[C@@H](O[Si](C)(C)C(C)(C)C)[C@H](C)[C@H]1O[Si](C)(C)C(C)(C)C. The summed E-state index contributed by atoms with van der Waals surface area (Å²) < 4.78 is 33.2. The van der Waals surface area contributed by atoms with Crippen LogP contribution in [0.5, 0.6) is 0 Å². The van der Waals surface area contributed by atoms with Crippen LogP contribution in [0, 0.1) is 5.92 Å². The van der Waals surface area contributed by atoms with Gasteiger partial charge in [0, 0.05) is 23.9 Å². The van der Waals surface area contributed by atoms with Crippen molar-refractivity contribution >= 4 is 39.2 Å². The van der Waals surface area contributed by atoms with Gasteiger partial charge in [-0.3, -0.25) is 0 Å². The van der Waals surface area contributed by atoms with Gasteiger partial charge in [-0.25, -0.2) is 0 Å². The van der Waals surface area contributed by atoms with Crippen molar-refractivity contribution in [1.82, 2.24) is 0 Å². The molecule has 2 saturated heterocycles. The van der Waals surface area contributed by atoms with Crippen molar-refractivity contribution in [2.24, 2.45) is 5.92 Å². The molecule has 0 amide bonds. The highest BCUT2D eigenvalue weighted by molar-refractivity contribution is 14.1. The number of hydrogen-bond acceptors (Lipinski definition) is 5. The average Bonchev–Trinajstić information content (AvgIpc) is 3.36. The van der Waals surface area contributed by atoms with Crippen molar-refractivity contribution in [2.45, 2.75) is 128 Å². The smallest absolute Gasteiger partial charge is 0.192 e. The molecule has 31 heavy (non-hydrogen) atoms. The van der Waals surface area contributed by atoms with Crippen LogP contribution in [-0.2, 0) is 23.1 Å². The summed E-state index contributed by atoms with van der Waals surface area (Å²) in [5, 5.41) is 0.249. The molecule has 0 aromatic rings. The van der Waals surface area contributed by atoms with Crippen molar-refractivity contribution in [1.29, 1.82) is 0 Å². The third-order valence-corrected chi connectivity index (χ3v) is 17.8. The van der Waals surface area contributed by atoms with E-state index in [0.29, 0.717) is 6.10 Å². The largest absolute Gasteiger partial charge is 0.411 e. The van der Waals surface area contributed by atoms with E-state index < -0.39 is 16.6 Å². The zero-order valence-electron chi connectivity index (χ0n) is 21.9. The van der Waals surface area contributed by atoms with Gasteiger partial charge in [-0.2, -0.15) is 0 Å². The number of methoxy groups -OCH3 is 1. The van der Waals surface area contributed by atoms with Gasteiger partial charge >= 0.3 is 0 Å². The molecule has 8 heteroatoms. The topological polar surface area (TPSA) is 49.5 Å². The van der Waals surface area contributed by atoms with Gasteiger partial charge in [0.05, 0.1) is 24.4 Å². The first-order valence-corrected chi connectivity index (χ1v) is 19.0. The molecule has 0 bridgehead atoms. The number of halogens is 1. The highest BCUT2D eigenvalue weighted by atomic mass is 127. The normalized spacial score (nSPS) is 35.3. The summed E-state index contributed by atoms with van der Waals surface area (Å²) in [5.41, 5.74) is 0. The highest BCUT2D eigenvalue weighted by Crippen LogP contribution is 2.45. The molecule has 0 N–H and O–H groups in total. The maximum Gasteiger partial charge on any atom is 0.192 e. The van der Waals surface area contributed by atoms with Crippen LogP contribution >= 0.6 is 22.6 Å². The van der Waals surface area contributed by atoms with Crippen LogP contribution in [0.15, 0.2) is 0 Å². The van der Waals surface area contributed by atoms with Gasteiger partial charge in [-0.05, 0) is 36.3 Å². The molecule has 0 spiro atoms. The second-order valence-electron chi connectivity index (χ2n) is 12.4. The molecule has 0 unspecified atom stereocenters. The predicted octanol–water partition coefficient (Wildman–Crippen LogP) is 6.37. The Kier molecular flexibility index (Phi) is 9.02. The minimum absolute atomic E-state index is 0.0267. The first-order chi connectivity index (χ1) is 13.9. The van der Waals surface area contributed by atoms with Crippen molar-refractivity contribution in [3.63, 3.8) is 0 Å². The minimum Gasteiger partial charge on any atom is -0.411 e. The first kappa shape index (κ1) is 28.2. The summed E-state index contributed by atoms with van der Waals surface area (Å²) in [6.07, 6.45) is 0.851. The number of ether oxygens (including phenoxy) is 3. The second-order valence-corrected chi connectivity index (χ2v) is 22.8. The predicted molar refractivity (Wildman–Crippen MR) is 141 cm³/mol. The van der Waals surface area contributed by atoms with Crippen LogP contribution in [0.2, 0.25) is 36.3 Å². The van der Waals surface area contributed by atoms with E-state index in [-0.39, 0.29) is 46.7 Å². The van der Waals surface area contributed by atoms with E-state index in [4.69, 9.17) is 23.1 Å². The van der Waals surface area contributed by atoms with E-state index in [1.54, 1.807) is 7.11 Å². The van der Waals surface area contributed by atoms with E-state index in [1.807, 2.05) is 0 Å². The van der Waals surface area contributed by atoms with Crippen LogP contribution in [-0.4, -0.2) is 65.0 Å². The molecule has 0 saturated carbocycles. The summed E-state index contributed by atoms with van der Waals surface area (Å²) >= 11 is 2.40. The zero-order valence-corrected chi connectivity index (χ0v) is 26.0. The molecule has 5 nitrogen and oxygen atoms in total. The second kappa shape index (κ2) is 9.91. The number of rotatable bonds is 8. The fraction of sp³-hybridized carbons (Fsp3) is 1.00. The molecular weight excluding hydrogens is 539 g/mol. The number of epoxide rings is 1. The van der Waals surface area contributed by atoms with Gasteiger partial charge in [-0.1, -0.05) is 71.1 Å². The maximum absolute atomic E-state index is 7.03. The Morgan fingerprint density at radius 3 is 1.65 bits per heavy atom. The van der Waals surface area contributed by atoms with Crippen LogP contribution in [0.4, 0.5) is 0 Å². The summed E-state index contributed by atoms with van der Waals surface area (Å²) in [6.45, 7) is 25.2. The lowest BCUT2D eigenvalue weighted by Gasteiger charge is -2.51. The molecule has 2 aliphatic rings. The van der Waals surface area contributed by atoms with Gasteiger partial charge < -0.3 is 23.1 Å². The average molecular weight is 587 g/mol. The molecule has 0 aromatic heterocycles. The third kappa shape index (κ3) is 6.55. The van der Waals surface area contributed by atoms with Gasteiger partial charge in [0.2, 0.25) is 0 Å². The number of hydrogen-bond donors (Lipinski definition) is 0. The molecule has 0 radical (unpaired) electrons. The summed E-state index contributed by atoms with van der Waals surface area (Å²) in [4.78, 5) is 0. The van der Waals surface area contributed by atoms with Crippen molar-refractivity contribution < 1.29 is 23.1 Å². The fourth-order valence-corrected chi connectivity index (χ4v) is 7.15. The molecule has 2 fully saturated rings. The Hall–Kier alpha value is 0.964. The summed E-state index contributed by atoms with van der Waals surface area (Å²) in [7, 11) is -2.27. The molecular formula is C23H47IO5Si2. The molecule has 2 rings (SSSR count). The first-order valence-electron chi connectivity index (χ1n) is 11.7. The number of alkyl halides is 1. The van der Waals surface area contributed by atoms with E-state index in [9.17, 15) is 0 Å². The monoisotopic (exact) mass is 586 g/mol. The van der Waals surface area contributed by atoms with Gasteiger partial charge in [0.1, 0.15) is 6.10 Å². The lowest BCUT2D eigenvalue weighted by molar-refractivity contribution is -0.270. The molecule has 2 aliphatic heterocycles. The molecule has 0 aromatic carbocycles. The molecule has 2 heterocycles. The minimum atomic E-state index is -2.01. The molecule has 0 aliphatic carbocycles. The Morgan fingerprint density at radius 2 is 1.26 bits per heavy atom. The lowest BCUT2D eigenvalue weighted by Crippen LogP contribution is -2.62. The van der Waals surface area contributed by atoms with Crippen LogP contribution in [0.25, 0.3) is 0 Å². The third-order valence-electron chi connectivity index (χ3n) is 7.99. The van der Waals surface area contributed by atoms with Gasteiger partial charge in [0.25, 0.3) is 0 Å². The van der Waals surface area contributed by atoms with Crippen molar-refractivity contribution in [3.05, 3.63) is 0 Å². The standard InChI is InChI=1S/C23H47IO5Si2/c1-15-19(28-30(9,10)22(2,3)4)17(13-16-18(14-24)26-16)27-21(25-8)20(15)29-31(11,12)23(5,6)7/h15-21H,13-14H2,1-12H3/t15-,16+,17-,18+,19-,20+,21+/m0/s1. The summed E-state index contributed by atoms with van der Waals surface area (Å²) in [5.74, 6) is 0.170. The van der Waals surface area contributed by atoms with Crippen LogP contribution < -0.4 is 0 Å². The molecule has 184 valence electrons. The summed E-state index contributed by atoms with van der Waals surface area (Å²) in [6, 6.07) is 0. The van der Waals surface area contributed by atoms with Crippen molar-refractivity contribution in [3.8, 4) is 0 Å². The zero-order chi connectivity index (χ0) is 24.0. The van der Waals surface area contributed by atoms with E-state index in [2.05, 4.69) is 97.2 Å². The Morgan fingerprint density at radius 1 is 0.774 bits per heavy atom. The van der Waals surface area contributed by atoms with Gasteiger partial charge in [0.15, 0.2) is 22.9 Å². The highest BCUT2D eigenvalue weighted by Gasteiger charge is 2.53. The maximum atomic E-state index is 7.03. The van der Waals surface area contributed by atoms with E-state index >= 15 is 0 Å². The Bertz CT molecular complexity index is 602. The Balaban J connectivity index is 2.32. The fourth-order valence-electron chi connectivity index (χ4n) is 3.61. The Labute approximate surface area is 207 Å². The van der Waals surface area contributed by atoms with E-state index in [0.717, 1.165) is 10.8 Å². The van der Waals surface area contributed by atoms with Gasteiger partial charge in [-0.15, -0.1) is 0 Å². The van der Waals surface area contributed by atoms with Crippen LogP contribution in [0.3, 0.4) is 0 Å². The van der Waals surface area contributed by atoms with Crippen molar-refractivity contribution in [2.75, 3.05) is 11.5 Å². The lowest BCUT2D eigenvalue weighted by atomic mass is 9.88. The quantitative estimate of drug-likeness (QED) is 0.143. The molecule has 7 atom stereocenters. The van der Waals surface area contributed by atoms with E-state index in [1.165, 1.54) is 0 Å².